The quantitative estimate of drug-likeness (QED) is 0.841. The van der Waals surface area contributed by atoms with Gasteiger partial charge in [0.05, 0.1) is 18.6 Å². The number of aliphatic hydroxyl groups is 1. The van der Waals surface area contributed by atoms with Gasteiger partial charge in [-0.1, -0.05) is 37.5 Å². The van der Waals surface area contributed by atoms with Gasteiger partial charge in [0.2, 0.25) is 5.91 Å². The van der Waals surface area contributed by atoms with Gasteiger partial charge >= 0.3 is 0 Å². The lowest BCUT2D eigenvalue weighted by atomic mass is 9.77. The predicted molar refractivity (Wildman–Crippen MR) is 107 cm³/mol. The van der Waals surface area contributed by atoms with Crippen molar-refractivity contribution in [1.82, 2.24) is 14.7 Å². The third kappa shape index (κ3) is 3.67. The second-order valence-corrected chi connectivity index (χ2v) is 8.46. The number of aliphatic hydroxyl groups excluding tert-OH is 1. The number of hydrogen-bond donors (Lipinski definition) is 1. The van der Waals surface area contributed by atoms with E-state index in [-0.39, 0.29) is 24.0 Å². The zero-order valence-electron chi connectivity index (χ0n) is 16.6. The molecule has 6 nitrogen and oxygen atoms in total. The van der Waals surface area contributed by atoms with E-state index in [9.17, 15) is 9.59 Å². The van der Waals surface area contributed by atoms with Crippen molar-refractivity contribution < 1.29 is 14.7 Å². The molecular formula is C22H31N3O3. The van der Waals surface area contributed by atoms with Gasteiger partial charge in [0, 0.05) is 44.8 Å². The minimum atomic E-state index is -0.340. The Morgan fingerprint density at radius 3 is 2.43 bits per heavy atom. The number of amides is 2. The smallest absolute Gasteiger partial charge is 0.254 e. The fraction of sp³-hybridized carbons (Fsp3) is 0.636. The van der Waals surface area contributed by atoms with Crippen LogP contribution >= 0.6 is 0 Å². The maximum atomic E-state index is 13.2. The second-order valence-electron chi connectivity index (χ2n) is 8.46. The Kier molecular flexibility index (Phi) is 5.69. The van der Waals surface area contributed by atoms with E-state index in [1.807, 2.05) is 34.1 Å². The van der Waals surface area contributed by atoms with Crippen molar-refractivity contribution in [1.29, 1.82) is 0 Å². The van der Waals surface area contributed by atoms with Crippen LogP contribution in [0.15, 0.2) is 24.3 Å². The highest BCUT2D eigenvalue weighted by Gasteiger charge is 2.46. The Balaban J connectivity index is 1.48. The van der Waals surface area contributed by atoms with Crippen LogP contribution in [0.4, 0.5) is 0 Å². The summed E-state index contributed by atoms with van der Waals surface area (Å²) in [5.41, 5.74) is 1.55. The van der Waals surface area contributed by atoms with Gasteiger partial charge in [-0.25, -0.2) is 0 Å². The molecule has 2 fully saturated rings. The molecular weight excluding hydrogens is 354 g/mol. The standard InChI is InChI=1S/C22H31N3O3/c26-15-14-23-10-12-24(13-11-23)20(27)16-22(8-4-1-5-9-22)25-17-18-6-2-3-7-19(18)21(25)28/h2-3,6-7,26H,1,4-5,8-17H2. The number of piperazine rings is 1. The first-order chi connectivity index (χ1) is 13.6. The average molecular weight is 386 g/mol. The van der Waals surface area contributed by atoms with Crippen molar-refractivity contribution in [2.45, 2.75) is 50.6 Å². The third-order valence-electron chi connectivity index (χ3n) is 6.80. The molecule has 0 atom stereocenters. The number of rotatable bonds is 5. The fourth-order valence-electron chi connectivity index (χ4n) is 5.15. The lowest BCUT2D eigenvalue weighted by Gasteiger charge is -2.45. The van der Waals surface area contributed by atoms with Crippen LogP contribution in [0.1, 0.15) is 54.4 Å². The number of fused-ring (bicyclic) bond motifs is 1. The molecule has 2 aliphatic heterocycles. The number of carbonyl (C=O) groups excluding carboxylic acids is 2. The molecule has 0 aromatic heterocycles. The summed E-state index contributed by atoms with van der Waals surface area (Å²) < 4.78 is 0. The van der Waals surface area contributed by atoms with Gasteiger partial charge in [0.1, 0.15) is 0 Å². The van der Waals surface area contributed by atoms with E-state index in [0.29, 0.717) is 32.6 Å². The molecule has 6 heteroatoms. The molecule has 3 aliphatic rings. The van der Waals surface area contributed by atoms with Crippen LogP contribution < -0.4 is 0 Å². The van der Waals surface area contributed by atoms with Crippen molar-refractivity contribution in [2.75, 3.05) is 39.3 Å². The monoisotopic (exact) mass is 385 g/mol. The first kappa shape index (κ1) is 19.4. The lowest BCUT2D eigenvalue weighted by Crippen LogP contribution is -2.55. The fourth-order valence-corrected chi connectivity index (χ4v) is 5.15. The molecule has 2 amide bonds. The van der Waals surface area contributed by atoms with E-state index in [1.165, 1.54) is 6.42 Å². The first-order valence-corrected chi connectivity index (χ1v) is 10.6. The van der Waals surface area contributed by atoms with E-state index < -0.39 is 0 Å². The number of benzene rings is 1. The molecule has 0 spiro atoms. The maximum Gasteiger partial charge on any atom is 0.254 e. The van der Waals surface area contributed by atoms with Crippen LogP contribution in [-0.2, 0) is 11.3 Å². The summed E-state index contributed by atoms with van der Waals surface area (Å²) in [4.78, 5) is 32.5. The Morgan fingerprint density at radius 2 is 1.75 bits per heavy atom. The highest BCUT2D eigenvalue weighted by Crippen LogP contribution is 2.41. The van der Waals surface area contributed by atoms with Crippen LogP contribution in [0.25, 0.3) is 0 Å². The van der Waals surface area contributed by atoms with Crippen molar-refractivity contribution >= 4 is 11.8 Å². The van der Waals surface area contributed by atoms with Crippen LogP contribution in [0.2, 0.25) is 0 Å². The molecule has 2 heterocycles. The van der Waals surface area contributed by atoms with Gasteiger partial charge in [0.15, 0.2) is 0 Å². The predicted octanol–water partition coefficient (Wildman–Crippen LogP) is 1.87. The van der Waals surface area contributed by atoms with Crippen molar-refractivity contribution in [3.8, 4) is 0 Å². The molecule has 1 saturated heterocycles. The third-order valence-corrected chi connectivity index (χ3v) is 6.80. The Hall–Kier alpha value is -1.92. The molecule has 0 unspecified atom stereocenters. The van der Waals surface area contributed by atoms with Gasteiger partial charge in [-0.3, -0.25) is 14.5 Å². The lowest BCUT2D eigenvalue weighted by molar-refractivity contribution is -0.136. The van der Waals surface area contributed by atoms with Gasteiger partial charge in [-0.05, 0) is 24.5 Å². The number of β-amino-alcohol motifs (C(OH)–C–C–N with tert-alkyl or cyclic N) is 1. The summed E-state index contributed by atoms with van der Waals surface area (Å²) >= 11 is 0. The van der Waals surface area contributed by atoms with E-state index in [0.717, 1.165) is 49.9 Å². The van der Waals surface area contributed by atoms with E-state index in [2.05, 4.69) is 4.90 Å². The summed E-state index contributed by atoms with van der Waals surface area (Å²) in [6.45, 7) is 4.51. The van der Waals surface area contributed by atoms with Gasteiger partial charge in [-0.15, -0.1) is 0 Å². The molecule has 1 saturated carbocycles. The van der Waals surface area contributed by atoms with E-state index in [4.69, 9.17) is 5.11 Å². The normalized spacial score (nSPS) is 22.4. The topological polar surface area (TPSA) is 64.1 Å². The van der Waals surface area contributed by atoms with Crippen LogP contribution in [0.3, 0.4) is 0 Å². The van der Waals surface area contributed by atoms with Gasteiger partial charge < -0.3 is 14.9 Å². The van der Waals surface area contributed by atoms with Crippen LogP contribution in [-0.4, -0.2) is 76.5 Å². The second kappa shape index (κ2) is 8.21. The molecule has 4 rings (SSSR count). The maximum absolute atomic E-state index is 13.2. The number of carbonyl (C=O) groups is 2. The molecule has 1 aromatic carbocycles. The summed E-state index contributed by atoms with van der Waals surface area (Å²) in [6, 6.07) is 7.85. The summed E-state index contributed by atoms with van der Waals surface area (Å²) in [5.74, 6) is 0.271. The first-order valence-electron chi connectivity index (χ1n) is 10.6. The molecule has 0 radical (unpaired) electrons. The van der Waals surface area contributed by atoms with Gasteiger partial charge in [-0.2, -0.15) is 0 Å². The number of nitrogens with zero attached hydrogens (tertiary/aromatic N) is 3. The van der Waals surface area contributed by atoms with E-state index >= 15 is 0 Å². The molecule has 1 N–H and O–H groups in total. The molecule has 28 heavy (non-hydrogen) atoms. The molecule has 1 aromatic rings. The van der Waals surface area contributed by atoms with Crippen LogP contribution in [0, 0.1) is 0 Å². The number of hydrogen-bond acceptors (Lipinski definition) is 4. The van der Waals surface area contributed by atoms with Crippen LogP contribution in [0.5, 0.6) is 0 Å². The highest BCUT2D eigenvalue weighted by atomic mass is 16.3. The SMILES string of the molecule is O=C(CC1(N2Cc3ccccc3C2=O)CCCCC1)N1CCN(CCO)CC1. The molecule has 0 bridgehead atoms. The summed E-state index contributed by atoms with van der Waals surface area (Å²) in [7, 11) is 0. The zero-order chi connectivity index (χ0) is 19.6. The van der Waals surface area contributed by atoms with Crippen molar-refractivity contribution in [3.63, 3.8) is 0 Å². The average Bonchev–Trinajstić information content (AvgIpc) is 3.07. The summed E-state index contributed by atoms with van der Waals surface area (Å²) in [6.07, 6.45) is 5.62. The molecule has 152 valence electrons. The molecule has 1 aliphatic carbocycles. The van der Waals surface area contributed by atoms with Gasteiger partial charge in [0.25, 0.3) is 5.91 Å². The van der Waals surface area contributed by atoms with E-state index in [1.54, 1.807) is 0 Å². The Labute approximate surface area is 167 Å². The largest absolute Gasteiger partial charge is 0.395 e. The zero-order valence-corrected chi connectivity index (χ0v) is 16.6. The van der Waals surface area contributed by atoms with Crippen molar-refractivity contribution in [3.05, 3.63) is 35.4 Å². The minimum absolute atomic E-state index is 0.0954. The highest BCUT2D eigenvalue weighted by molar-refractivity contribution is 5.99. The minimum Gasteiger partial charge on any atom is -0.395 e. The van der Waals surface area contributed by atoms with Crippen molar-refractivity contribution in [2.24, 2.45) is 0 Å². The Bertz CT molecular complexity index is 721. The summed E-state index contributed by atoms with van der Waals surface area (Å²) in [5, 5.41) is 9.10. The Morgan fingerprint density at radius 1 is 1.04 bits per heavy atom.